The van der Waals surface area contributed by atoms with Gasteiger partial charge in [0.2, 0.25) is 5.91 Å². The van der Waals surface area contributed by atoms with Crippen molar-refractivity contribution in [3.05, 3.63) is 35.6 Å². The van der Waals surface area contributed by atoms with Crippen LogP contribution in [-0.2, 0) is 19.1 Å². The lowest BCUT2D eigenvalue weighted by Gasteiger charge is -2.36. The summed E-state index contributed by atoms with van der Waals surface area (Å²) >= 11 is 0. The second-order valence-electron chi connectivity index (χ2n) is 7.08. The van der Waals surface area contributed by atoms with Gasteiger partial charge in [-0.05, 0) is 37.5 Å². The van der Waals surface area contributed by atoms with Gasteiger partial charge in [-0.25, -0.2) is 4.39 Å². The summed E-state index contributed by atoms with van der Waals surface area (Å²) in [6, 6.07) is 6.29. The molecule has 2 atom stereocenters. The zero-order chi connectivity index (χ0) is 19.2. The third-order valence-electron chi connectivity index (χ3n) is 5.15. The maximum Gasteiger partial charge on any atom is 0.310 e. The SMILES string of the molecule is CCOC(=O)C1CCCN(C(=O)CN2CCOC(c3ccc(F)cc3)C2)C1. The molecule has 2 aliphatic heterocycles. The van der Waals surface area contributed by atoms with Crippen molar-refractivity contribution in [2.45, 2.75) is 25.9 Å². The van der Waals surface area contributed by atoms with E-state index in [-0.39, 0.29) is 29.7 Å². The van der Waals surface area contributed by atoms with E-state index < -0.39 is 0 Å². The van der Waals surface area contributed by atoms with Crippen LogP contribution in [0.3, 0.4) is 0 Å². The summed E-state index contributed by atoms with van der Waals surface area (Å²) in [4.78, 5) is 28.5. The van der Waals surface area contributed by atoms with Crippen LogP contribution in [0.1, 0.15) is 31.4 Å². The van der Waals surface area contributed by atoms with Gasteiger partial charge in [-0.3, -0.25) is 14.5 Å². The minimum Gasteiger partial charge on any atom is -0.466 e. The van der Waals surface area contributed by atoms with Crippen LogP contribution >= 0.6 is 0 Å². The summed E-state index contributed by atoms with van der Waals surface area (Å²) < 4.78 is 24.0. The lowest BCUT2D eigenvalue weighted by molar-refractivity contribution is -0.151. The van der Waals surface area contributed by atoms with Gasteiger partial charge in [0.25, 0.3) is 0 Å². The van der Waals surface area contributed by atoms with Crippen LogP contribution in [0.15, 0.2) is 24.3 Å². The van der Waals surface area contributed by atoms with E-state index in [1.807, 2.05) is 0 Å². The van der Waals surface area contributed by atoms with E-state index in [2.05, 4.69) is 4.90 Å². The maximum absolute atomic E-state index is 13.1. The Bertz CT molecular complexity index is 652. The largest absolute Gasteiger partial charge is 0.466 e. The second-order valence-corrected chi connectivity index (χ2v) is 7.08. The number of esters is 1. The molecule has 0 spiro atoms. The first-order valence-corrected chi connectivity index (χ1v) is 9.60. The molecule has 1 aromatic rings. The number of nitrogens with zero attached hydrogens (tertiary/aromatic N) is 2. The monoisotopic (exact) mass is 378 g/mol. The van der Waals surface area contributed by atoms with Gasteiger partial charge in [-0.15, -0.1) is 0 Å². The molecular weight excluding hydrogens is 351 g/mol. The smallest absolute Gasteiger partial charge is 0.310 e. The summed E-state index contributed by atoms with van der Waals surface area (Å²) in [5.74, 6) is -0.677. The van der Waals surface area contributed by atoms with Crippen molar-refractivity contribution in [1.29, 1.82) is 0 Å². The summed E-state index contributed by atoms with van der Waals surface area (Å²) in [5, 5.41) is 0. The number of halogens is 1. The minimum atomic E-state index is -0.275. The van der Waals surface area contributed by atoms with Gasteiger partial charge >= 0.3 is 5.97 Å². The standard InChI is InChI=1S/C20H27FN2O4/c1-2-26-20(25)16-4-3-9-23(12-16)19(24)14-22-10-11-27-18(13-22)15-5-7-17(21)8-6-15/h5-8,16,18H,2-4,9-14H2,1H3. The Balaban J connectivity index is 1.53. The number of piperidine rings is 1. The molecule has 0 bridgehead atoms. The van der Waals surface area contributed by atoms with E-state index in [1.54, 1.807) is 24.0 Å². The van der Waals surface area contributed by atoms with Crippen LogP contribution in [0.2, 0.25) is 0 Å². The number of morpholine rings is 1. The highest BCUT2D eigenvalue weighted by Gasteiger charge is 2.31. The molecule has 3 rings (SSSR count). The number of carbonyl (C=O) groups is 2. The summed E-state index contributed by atoms with van der Waals surface area (Å²) in [5.41, 5.74) is 0.911. The van der Waals surface area contributed by atoms with Gasteiger partial charge in [0.1, 0.15) is 5.82 Å². The Morgan fingerprint density at radius 2 is 2.00 bits per heavy atom. The molecule has 1 aromatic carbocycles. The number of benzene rings is 1. The van der Waals surface area contributed by atoms with Crippen LogP contribution in [0.4, 0.5) is 4.39 Å². The second kappa shape index (κ2) is 9.28. The average molecular weight is 378 g/mol. The number of hydrogen-bond donors (Lipinski definition) is 0. The molecule has 2 unspecified atom stereocenters. The van der Waals surface area contributed by atoms with Crippen molar-refractivity contribution in [2.24, 2.45) is 5.92 Å². The van der Waals surface area contributed by atoms with E-state index in [4.69, 9.17) is 9.47 Å². The molecule has 2 saturated heterocycles. The van der Waals surface area contributed by atoms with E-state index in [0.29, 0.717) is 45.9 Å². The summed E-state index contributed by atoms with van der Waals surface area (Å²) in [6.45, 7) is 5.37. The molecule has 0 aliphatic carbocycles. The number of hydrogen-bond acceptors (Lipinski definition) is 5. The van der Waals surface area contributed by atoms with Crippen LogP contribution in [0, 0.1) is 11.7 Å². The van der Waals surface area contributed by atoms with Gasteiger partial charge < -0.3 is 14.4 Å². The number of amides is 1. The first-order chi connectivity index (χ1) is 13.1. The van der Waals surface area contributed by atoms with E-state index in [9.17, 15) is 14.0 Å². The summed E-state index contributed by atoms with van der Waals surface area (Å²) in [7, 11) is 0. The molecule has 2 aliphatic rings. The predicted molar refractivity (Wildman–Crippen MR) is 97.5 cm³/mol. The zero-order valence-corrected chi connectivity index (χ0v) is 15.7. The molecular formula is C20H27FN2O4. The zero-order valence-electron chi connectivity index (χ0n) is 15.7. The highest BCUT2D eigenvalue weighted by atomic mass is 19.1. The molecule has 0 saturated carbocycles. The molecule has 7 heteroatoms. The van der Waals surface area contributed by atoms with E-state index in [0.717, 1.165) is 18.4 Å². The average Bonchev–Trinajstić information content (AvgIpc) is 2.69. The summed E-state index contributed by atoms with van der Waals surface area (Å²) in [6.07, 6.45) is 1.42. The lowest BCUT2D eigenvalue weighted by atomic mass is 9.98. The van der Waals surface area contributed by atoms with Gasteiger partial charge in [0.15, 0.2) is 0 Å². The Morgan fingerprint density at radius 3 is 2.74 bits per heavy atom. The fraction of sp³-hybridized carbons (Fsp3) is 0.600. The quantitative estimate of drug-likeness (QED) is 0.734. The Hall–Kier alpha value is -1.99. The molecule has 1 amide bonds. The molecule has 2 heterocycles. The van der Waals surface area contributed by atoms with Gasteiger partial charge in [-0.1, -0.05) is 12.1 Å². The van der Waals surface area contributed by atoms with Crippen LogP contribution in [-0.4, -0.2) is 67.6 Å². The van der Waals surface area contributed by atoms with Gasteiger partial charge in [-0.2, -0.15) is 0 Å². The van der Waals surface area contributed by atoms with Crippen LogP contribution in [0.25, 0.3) is 0 Å². The fourth-order valence-electron chi connectivity index (χ4n) is 3.67. The first-order valence-electron chi connectivity index (χ1n) is 9.60. The van der Waals surface area contributed by atoms with Crippen molar-refractivity contribution in [3.8, 4) is 0 Å². The molecule has 0 radical (unpaired) electrons. The molecule has 6 nitrogen and oxygen atoms in total. The Morgan fingerprint density at radius 1 is 1.22 bits per heavy atom. The molecule has 2 fully saturated rings. The predicted octanol–water partition coefficient (Wildman–Crippen LogP) is 2.00. The fourth-order valence-corrected chi connectivity index (χ4v) is 3.67. The third-order valence-corrected chi connectivity index (χ3v) is 5.15. The van der Waals surface area contributed by atoms with Crippen molar-refractivity contribution in [2.75, 3.05) is 45.9 Å². The van der Waals surface area contributed by atoms with Crippen molar-refractivity contribution in [1.82, 2.24) is 9.80 Å². The van der Waals surface area contributed by atoms with E-state index in [1.165, 1.54) is 12.1 Å². The molecule has 0 aromatic heterocycles. The van der Waals surface area contributed by atoms with Gasteiger partial charge in [0.05, 0.1) is 31.8 Å². The maximum atomic E-state index is 13.1. The molecule has 148 valence electrons. The van der Waals surface area contributed by atoms with Crippen molar-refractivity contribution < 1.29 is 23.5 Å². The van der Waals surface area contributed by atoms with Crippen LogP contribution < -0.4 is 0 Å². The van der Waals surface area contributed by atoms with Crippen molar-refractivity contribution in [3.63, 3.8) is 0 Å². The van der Waals surface area contributed by atoms with E-state index >= 15 is 0 Å². The minimum absolute atomic E-state index is 0.0313. The van der Waals surface area contributed by atoms with Crippen molar-refractivity contribution >= 4 is 11.9 Å². The Labute approximate surface area is 159 Å². The molecule has 27 heavy (non-hydrogen) atoms. The van der Waals surface area contributed by atoms with Gasteiger partial charge in [0, 0.05) is 26.2 Å². The van der Waals surface area contributed by atoms with Crippen LogP contribution in [0.5, 0.6) is 0 Å². The third kappa shape index (κ3) is 5.26. The highest BCUT2D eigenvalue weighted by Crippen LogP contribution is 2.23. The topological polar surface area (TPSA) is 59.1 Å². The molecule has 0 N–H and O–H groups in total. The Kier molecular flexibility index (Phi) is 6.79. The normalized spacial score (nSPS) is 23.9. The first kappa shape index (κ1) is 19.8. The number of ether oxygens (including phenoxy) is 2. The number of likely N-dealkylation sites (tertiary alicyclic amines) is 1. The lowest BCUT2D eigenvalue weighted by Crippen LogP contribution is -2.49. The number of carbonyl (C=O) groups excluding carboxylic acids is 2. The highest BCUT2D eigenvalue weighted by molar-refractivity contribution is 5.80. The number of rotatable bonds is 5.